The van der Waals surface area contributed by atoms with Gasteiger partial charge in [0.2, 0.25) is 0 Å². The Bertz CT molecular complexity index is 200. The minimum atomic E-state index is -3.28. The van der Waals surface area contributed by atoms with Crippen LogP contribution in [0.25, 0.3) is 0 Å². The van der Waals surface area contributed by atoms with Gasteiger partial charge in [-0.1, -0.05) is 0 Å². The predicted octanol–water partition coefficient (Wildman–Crippen LogP) is 4.25. The van der Waals surface area contributed by atoms with Gasteiger partial charge < -0.3 is 0 Å². The summed E-state index contributed by atoms with van der Waals surface area (Å²) in [5, 5.41) is 9.02. The van der Waals surface area contributed by atoms with E-state index in [-0.39, 0.29) is 0 Å². The van der Waals surface area contributed by atoms with Gasteiger partial charge in [0.1, 0.15) is 0 Å². The standard InChI is InChI=1S/C7H10N.3ClH.Pt/c8-6-7-4-2-1-3-5-7;;;;/h1-5H2;3*1H;/q;;;;+3/p-3. The molecule has 0 spiro atoms. The van der Waals surface area contributed by atoms with Gasteiger partial charge in [0.15, 0.2) is 0 Å². The molecule has 0 aliphatic heterocycles. The molecule has 1 nitrogen and oxygen atoms in total. The number of rotatable bonds is 1. The molecule has 0 amide bonds. The van der Waals surface area contributed by atoms with E-state index in [1.54, 1.807) is 0 Å². The van der Waals surface area contributed by atoms with Gasteiger partial charge in [-0.05, 0) is 0 Å². The maximum absolute atomic E-state index is 9.02. The van der Waals surface area contributed by atoms with E-state index < -0.39 is 16.7 Å². The minimum absolute atomic E-state index is 0.560. The summed E-state index contributed by atoms with van der Waals surface area (Å²) in [4.78, 5) is 0. The average molecular weight is 410 g/mol. The Hall–Kier alpha value is 1.05. The molecular formula is C7H10Cl3NPt. The number of hydrogen-bond donors (Lipinski definition) is 0. The molecule has 0 saturated heterocycles. The van der Waals surface area contributed by atoms with Crippen LogP contribution in [0, 0.1) is 11.3 Å². The molecule has 1 saturated carbocycles. The van der Waals surface area contributed by atoms with Gasteiger partial charge in [0, 0.05) is 0 Å². The van der Waals surface area contributed by atoms with Crippen LogP contribution in [0.15, 0.2) is 0 Å². The molecule has 0 aromatic rings. The van der Waals surface area contributed by atoms with Crippen LogP contribution in [-0.4, -0.2) is 0 Å². The van der Waals surface area contributed by atoms with Gasteiger partial charge in [0.05, 0.1) is 0 Å². The van der Waals surface area contributed by atoms with Crippen LogP contribution in [0.2, 0.25) is 3.80 Å². The molecule has 0 aromatic carbocycles. The van der Waals surface area contributed by atoms with Gasteiger partial charge in [0.25, 0.3) is 0 Å². The zero-order chi connectivity index (χ0) is 9.24. The van der Waals surface area contributed by atoms with E-state index in [4.69, 9.17) is 33.5 Å². The molecule has 0 heterocycles. The number of halogens is 3. The molecule has 0 N–H and O–H groups in total. The summed E-state index contributed by atoms with van der Waals surface area (Å²) < 4.78 is -0.560. The Labute approximate surface area is 88.0 Å². The third-order valence-electron chi connectivity index (χ3n) is 2.15. The van der Waals surface area contributed by atoms with Gasteiger partial charge in [-0.2, -0.15) is 0 Å². The molecule has 1 fully saturated rings. The Morgan fingerprint density at radius 3 is 1.83 bits per heavy atom. The van der Waals surface area contributed by atoms with Gasteiger partial charge in [-0.25, -0.2) is 0 Å². The molecule has 0 radical (unpaired) electrons. The van der Waals surface area contributed by atoms with Crippen molar-refractivity contribution in [3.63, 3.8) is 0 Å². The zero-order valence-electron chi connectivity index (χ0n) is 6.43. The summed E-state index contributed by atoms with van der Waals surface area (Å²) >= 11 is -3.28. The third kappa shape index (κ3) is 2.10. The number of hydrogen-bond acceptors (Lipinski definition) is 1. The van der Waals surface area contributed by atoms with E-state index in [1.165, 1.54) is 6.42 Å². The monoisotopic (exact) mass is 408 g/mol. The fraction of sp³-hybridized carbons (Fsp3) is 0.857. The molecule has 1 aliphatic rings. The summed E-state index contributed by atoms with van der Waals surface area (Å²) in [6, 6.07) is 2.24. The van der Waals surface area contributed by atoms with Crippen molar-refractivity contribution in [2.75, 3.05) is 0 Å². The van der Waals surface area contributed by atoms with Gasteiger partial charge >= 0.3 is 88.4 Å². The Morgan fingerprint density at radius 1 is 1.08 bits per heavy atom. The first-order chi connectivity index (χ1) is 5.52. The Balaban J connectivity index is 2.83. The average Bonchev–Trinajstić information content (AvgIpc) is 2.04. The van der Waals surface area contributed by atoms with Crippen LogP contribution in [0.4, 0.5) is 0 Å². The van der Waals surface area contributed by atoms with E-state index in [0.717, 1.165) is 25.7 Å². The normalized spacial score (nSPS) is 24.5. The van der Waals surface area contributed by atoms with Crippen molar-refractivity contribution in [1.29, 1.82) is 5.26 Å². The van der Waals surface area contributed by atoms with Crippen molar-refractivity contribution in [3.8, 4) is 6.07 Å². The van der Waals surface area contributed by atoms with Gasteiger partial charge in [-0.15, -0.1) is 0 Å². The van der Waals surface area contributed by atoms with Crippen LogP contribution in [-0.2, 0) is 12.9 Å². The van der Waals surface area contributed by atoms with Crippen molar-refractivity contribution in [1.82, 2.24) is 0 Å². The quantitative estimate of drug-likeness (QED) is 0.635. The molecular weight excluding hydrogens is 400 g/mol. The van der Waals surface area contributed by atoms with Crippen LogP contribution < -0.4 is 0 Å². The second kappa shape index (κ2) is 4.05. The number of nitriles is 1. The van der Waals surface area contributed by atoms with Crippen LogP contribution in [0.3, 0.4) is 0 Å². The van der Waals surface area contributed by atoms with Crippen LogP contribution in [0.5, 0.6) is 0 Å². The summed E-state index contributed by atoms with van der Waals surface area (Å²) in [5.41, 5.74) is 0. The van der Waals surface area contributed by atoms with E-state index in [1.807, 2.05) is 0 Å². The van der Waals surface area contributed by atoms with E-state index in [0.29, 0.717) is 0 Å². The summed E-state index contributed by atoms with van der Waals surface area (Å²) in [6.07, 6.45) is 4.81. The summed E-state index contributed by atoms with van der Waals surface area (Å²) in [6.45, 7) is 0. The zero-order valence-corrected chi connectivity index (χ0v) is 11.0. The van der Waals surface area contributed by atoms with Gasteiger partial charge in [-0.3, -0.25) is 0 Å². The topological polar surface area (TPSA) is 23.8 Å². The molecule has 5 heteroatoms. The summed E-state index contributed by atoms with van der Waals surface area (Å²) in [5.74, 6) is 0. The second-order valence-corrected chi connectivity index (χ2v) is 19.1. The van der Waals surface area contributed by atoms with Crippen molar-refractivity contribution in [3.05, 3.63) is 0 Å². The van der Waals surface area contributed by atoms with Crippen molar-refractivity contribution < 1.29 is 12.9 Å². The first-order valence-corrected chi connectivity index (χ1v) is 13.3. The third-order valence-corrected chi connectivity index (χ3v) is 11.6. The van der Waals surface area contributed by atoms with Crippen molar-refractivity contribution >= 4 is 28.3 Å². The SMILES string of the molecule is N#C[C]1([Pt]([Cl])([Cl])[Cl])CCCCC1. The van der Waals surface area contributed by atoms with Crippen molar-refractivity contribution in [2.24, 2.45) is 0 Å². The van der Waals surface area contributed by atoms with E-state index in [2.05, 4.69) is 6.07 Å². The first kappa shape index (κ1) is 11.1. The second-order valence-electron chi connectivity index (χ2n) is 2.89. The molecule has 0 unspecified atom stereocenters. The van der Waals surface area contributed by atoms with E-state index in [9.17, 15) is 0 Å². The fourth-order valence-corrected chi connectivity index (χ4v) is 7.39. The molecule has 0 bridgehead atoms. The Morgan fingerprint density at radius 2 is 1.58 bits per heavy atom. The van der Waals surface area contributed by atoms with Crippen LogP contribution in [0.1, 0.15) is 32.1 Å². The predicted molar refractivity (Wildman–Crippen MR) is 49.0 cm³/mol. The molecule has 74 valence electrons. The molecule has 12 heavy (non-hydrogen) atoms. The van der Waals surface area contributed by atoms with E-state index >= 15 is 0 Å². The molecule has 1 aliphatic carbocycles. The first-order valence-electron chi connectivity index (χ1n) is 3.70. The Kier molecular flexibility index (Phi) is 3.76. The van der Waals surface area contributed by atoms with Crippen molar-refractivity contribution in [2.45, 2.75) is 35.9 Å². The molecule has 0 atom stereocenters. The molecule has 0 aromatic heterocycles. The maximum atomic E-state index is 9.02. The number of nitrogens with zero attached hydrogens (tertiary/aromatic N) is 1. The fourth-order valence-electron chi connectivity index (χ4n) is 1.42. The summed E-state index contributed by atoms with van der Waals surface area (Å²) in [7, 11) is 17.9. The molecule has 1 rings (SSSR count). The van der Waals surface area contributed by atoms with Crippen LogP contribution >= 0.6 is 28.3 Å².